The second-order valence-corrected chi connectivity index (χ2v) is 21.3. The number of ether oxygens (including phenoxy) is 4. The van der Waals surface area contributed by atoms with Crippen LogP contribution in [0.2, 0.25) is 0 Å². The molecule has 0 rings (SSSR count). The van der Waals surface area contributed by atoms with E-state index in [0.29, 0.717) is 23.9 Å². The quantitative estimate of drug-likeness (QED) is 0.0195. The largest absolute Gasteiger partial charge is 0.545 e. The molecule has 0 aliphatic heterocycles. The van der Waals surface area contributed by atoms with Crippen LogP contribution in [0.15, 0.2) is 72.9 Å². The van der Waals surface area contributed by atoms with E-state index in [4.69, 9.17) is 18.9 Å². The summed E-state index contributed by atoms with van der Waals surface area (Å²) in [5, 5.41) is 11.7. The van der Waals surface area contributed by atoms with Gasteiger partial charge in [-0.2, -0.15) is 0 Å². The lowest BCUT2D eigenvalue weighted by Crippen LogP contribution is -2.44. The highest BCUT2D eigenvalue weighted by Crippen LogP contribution is 2.17. The van der Waals surface area contributed by atoms with Gasteiger partial charge in [0, 0.05) is 12.8 Å². The Morgan fingerprint density at radius 3 is 1.16 bits per heavy atom. The smallest absolute Gasteiger partial charge is 0.306 e. The maximum atomic E-state index is 12.8. The third-order valence-electron chi connectivity index (χ3n) is 13.0. The molecule has 0 fully saturated rings. The van der Waals surface area contributed by atoms with Gasteiger partial charge in [0.15, 0.2) is 12.4 Å². The lowest BCUT2D eigenvalue weighted by molar-refractivity contribution is -0.870. The van der Waals surface area contributed by atoms with Crippen molar-refractivity contribution in [3.8, 4) is 0 Å². The summed E-state index contributed by atoms with van der Waals surface area (Å²) in [5.74, 6) is -2.27. The number of carbonyl (C=O) groups excluding carboxylic acids is 3. The highest BCUT2D eigenvalue weighted by molar-refractivity contribution is 5.70. The van der Waals surface area contributed by atoms with Gasteiger partial charge < -0.3 is 33.3 Å². The van der Waals surface area contributed by atoms with Crippen LogP contribution in [0.4, 0.5) is 0 Å². The zero-order valence-electron chi connectivity index (χ0n) is 48.0. The van der Waals surface area contributed by atoms with Gasteiger partial charge in [-0.15, -0.1) is 0 Å². The molecule has 0 saturated carbocycles. The van der Waals surface area contributed by atoms with Crippen LogP contribution >= 0.6 is 0 Å². The van der Waals surface area contributed by atoms with Gasteiger partial charge in [-0.3, -0.25) is 9.59 Å². The van der Waals surface area contributed by atoms with Crippen molar-refractivity contribution in [3.05, 3.63) is 72.9 Å². The van der Waals surface area contributed by atoms with Crippen molar-refractivity contribution in [2.24, 2.45) is 0 Å². The zero-order chi connectivity index (χ0) is 53.4. The minimum Gasteiger partial charge on any atom is -0.545 e. The van der Waals surface area contributed by atoms with Gasteiger partial charge in [-0.05, 0) is 64.2 Å². The number of hydrogen-bond acceptors (Lipinski definition) is 8. The number of carboxylic acids is 1. The number of rotatable bonds is 55. The van der Waals surface area contributed by atoms with Gasteiger partial charge in [0.25, 0.3) is 0 Å². The Labute approximate surface area is 449 Å². The maximum absolute atomic E-state index is 12.8. The molecular weight excluding hydrogens is 911 g/mol. The Morgan fingerprint density at radius 1 is 0.425 bits per heavy atom. The van der Waals surface area contributed by atoms with Crippen LogP contribution in [0.5, 0.6) is 0 Å². The third kappa shape index (κ3) is 56.3. The third-order valence-corrected chi connectivity index (χ3v) is 13.0. The van der Waals surface area contributed by atoms with Gasteiger partial charge >= 0.3 is 11.9 Å². The van der Waals surface area contributed by atoms with Crippen LogP contribution in [-0.4, -0.2) is 82.3 Å². The Bertz CT molecular complexity index is 1420. The van der Waals surface area contributed by atoms with Gasteiger partial charge in [0.2, 0.25) is 0 Å². The summed E-state index contributed by atoms with van der Waals surface area (Å²) < 4.78 is 22.7. The number of hydrogen-bond donors (Lipinski definition) is 0. The van der Waals surface area contributed by atoms with Crippen molar-refractivity contribution in [3.63, 3.8) is 0 Å². The number of carboxylic acid groups (broad SMARTS) is 1. The second kappa shape index (κ2) is 55.0. The molecule has 0 amide bonds. The van der Waals surface area contributed by atoms with E-state index in [0.717, 1.165) is 70.6 Å². The normalized spacial score (nSPS) is 13.3. The number of nitrogens with zero attached hydrogens (tertiary/aromatic N) is 1. The number of quaternary nitrogens is 1. The van der Waals surface area contributed by atoms with E-state index in [1.807, 2.05) is 21.1 Å². The minimum atomic E-state index is -1.62. The molecule has 9 heteroatoms. The van der Waals surface area contributed by atoms with Crippen molar-refractivity contribution in [1.82, 2.24) is 0 Å². The number of carbonyl (C=O) groups is 3. The predicted octanol–water partition coefficient (Wildman–Crippen LogP) is 16.5. The summed E-state index contributed by atoms with van der Waals surface area (Å²) in [7, 11) is 5.92. The molecule has 0 spiro atoms. The lowest BCUT2D eigenvalue weighted by atomic mass is 10.0. The van der Waals surface area contributed by atoms with E-state index in [1.54, 1.807) is 0 Å². The Kier molecular flexibility index (Phi) is 52.5. The maximum Gasteiger partial charge on any atom is 0.306 e. The first-order chi connectivity index (χ1) is 35.6. The van der Waals surface area contributed by atoms with E-state index >= 15 is 0 Å². The van der Waals surface area contributed by atoms with E-state index in [-0.39, 0.29) is 32.2 Å². The molecule has 0 aromatic heterocycles. The SMILES string of the molecule is CC/C=C\C/C=C\C/C=C\C/C=C\C/C=C\C/C=C\CCCCCCCCCCCCCCCCCCCCC(=O)OC(COC(=O)CCCCCCCCCCCCC)COC(OCC[N+](C)(C)C)C(=O)[O-]. The average molecular weight is 1020 g/mol. The molecule has 0 bridgehead atoms. The summed E-state index contributed by atoms with van der Waals surface area (Å²) >= 11 is 0. The van der Waals surface area contributed by atoms with E-state index in [1.165, 1.54) is 154 Å². The highest BCUT2D eigenvalue weighted by Gasteiger charge is 2.22. The molecule has 0 radical (unpaired) electrons. The standard InChI is InChI=1S/C64H113NO8/c1-6-8-10-12-14-16-18-19-20-21-22-23-24-25-26-27-28-29-30-31-32-33-34-35-36-37-38-39-40-41-42-43-45-47-49-51-53-55-62(67)73-60(59-72-64(63(68)69)70-57-56-65(3,4)5)58-71-61(66)54-52-50-48-46-44-17-15-13-11-9-7-2/h8,10,14,16,19-20,22-23,25-26,28-29,60,64H,6-7,9,11-13,15,17-18,21,24,27,30-59H2,1-5H3/b10-8-,16-14-,20-19-,23-22-,26-25-,29-28-. The molecular formula is C64H113NO8. The average Bonchev–Trinajstić information content (AvgIpc) is 3.36. The number of aliphatic carboxylic acids is 1. The van der Waals surface area contributed by atoms with Gasteiger partial charge in [-0.1, -0.05) is 254 Å². The van der Waals surface area contributed by atoms with Crippen molar-refractivity contribution >= 4 is 17.9 Å². The van der Waals surface area contributed by atoms with Crippen LogP contribution in [0.3, 0.4) is 0 Å². The van der Waals surface area contributed by atoms with Crippen molar-refractivity contribution < 1.29 is 42.9 Å². The summed E-state index contributed by atoms with van der Waals surface area (Å²) in [5.41, 5.74) is 0. The topological polar surface area (TPSA) is 111 Å². The molecule has 0 aliphatic rings. The molecule has 0 aromatic carbocycles. The number of likely N-dealkylation sites (N-methyl/N-ethyl adjacent to an activating group) is 1. The monoisotopic (exact) mass is 1020 g/mol. The fourth-order valence-electron chi connectivity index (χ4n) is 8.36. The molecule has 0 aromatic rings. The van der Waals surface area contributed by atoms with Gasteiger partial charge in [0.05, 0.1) is 40.3 Å². The van der Waals surface area contributed by atoms with Crippen LogP contribution < -0.4 is 5.11 Å². The van der Waals surface area contributed by atoms with Gasteiger partial charge in [-0.25, -0.2) is 0 Å². The van der Waals surface area contributed by atoms with E-state index < -0.39 is 24.3 Å². The first kappa shape index (κ1) is 69.7. The van der Waals surface area contributed by atoms with Gasteiger partial charge in [0.1, 0.15) is 13.2 Å². The van der Waals surface area contributed by atoms with Crippen LogP contribution in [0.1, 0.15) is 258 Å². The predicted molar refractivity (Wildman–Crippen MR) is 306 cm³/mol. The molecule has 0 aliphatic carbocycles. The van der Waals surface area contributed by atoms with Crippen LogP contribution in [-0.2, 0) is 33.3 Å². The Balaban J connectivity index is 4.00. The van der Waals surface area contributed by atoms with Crippen molar-refractivity contribution in [2.45, 2.75) is 270 Å². The number of esters is 2. The number of unbranched alkanes of at least 4 members (excludes halogenated alkanes) is 28. The molecule has 0 heterocycles. The molecule has 73 heavy (non-hydrogen) atoms. The van der Waals surface area contributed by atoms with E-state index in [2.05, 4.69) is 86.8 Å². The lowest BCUT2D eigenvalue weighted by Gasteiger charge is -2.26. The molecule has 0 N–H and O–H groups in total. The summed E-state index contributed by atoms with van der Waals surface area (Å²) in [6.45, 7) is 4.64. The zero-order valence-corrected chi connectivity index (χ0v) is 48.0. The first-order valence-electron chi connectivity index (χ1n) is 30.1. The first-order valence-corrected chi connectivity index (χ1v) is 30.1. The molecule has 9 nitrogen and oxygen atoms in total. The van der Waals surface area contributed by atoms with E-state index in [9.17, 15) is 19.5 Å². The summed E-state index contributed by atoms with van der Waals surface area (Å²) in [4.78, 5) is 37.2. The van der Waals surface area contributed by atoms with Crippen LogP contribution in [0.25, 0.3) is 0 Å². The molecule has 0 saturated heterocycles. The number of allylic oxidation sites excluding steroid dienone is 12. The van der Waals surface area contributed by atoms with Crippen LogP contribution in [0, 0.1) is 0 Å². The molecule has 2 unspecified atom stereocenters. The minimum absolute atomic E-state index is 0.148. The Hall–Kier alpha value is -3.27. The summed E-state index contributed by atoms with van der Waals surface area (Å²) in [6, 6.07) is 0. The molecule has 2 atom stereocenters. The fraction of sp³-hybridized carbons (Fsp3) is 0.766. The summed E-state index contributed by atoms with van der Waals surface area (Å²) in [6.07, 6.45) is 68.3. The second-order valence-electron chi connectivity index (χ2n) is 21.3. The van der Waals surface area contributed by atoms with Crippen molar-refractivity contribution in [2.75, 3.05) is 47.5 Å². The molecule has 422 valence electrons. The Morgan fingerprint density at radius 2 is 0.781 bits per heavy atom. The fourth-order valence-corrected chi connectivity index (χ4v) is 8.36. The highest BCUT2D eigenvalue weighted by atomic mass is 16.7. The van der Waals surface area contributed by atoms with Crippen molar-refractivity contribution in [1.29, 1.82) is 0 Å².